The Morgan fingerprint density at radius 1 is 1.12 bits per heavy atom. The molecule has 0 unspecified atom stereocenters. The van der Waals surface area contributed by atoms with Gasteiger partial charge in [-0.2, -0.15) is 0 Å². The second-order valence-electron chi connectivity index (χ2n) is 5.86. The molecule has 2 aromatic rings. The lowest BCUT2D eigenvalue weighted by atomic mass is 10.2. The fourth-order valence-electron chi connectivity index (χ4n) is 2.80. The third-order valence-corrected chi connectivity index (χ3v) is 4.57. The van der Waals surface area contributed by atoms with E-state index < -0.39 is 17.2 Å². The van der Waals surface area contributed by atoms with E-state index in [0.29, 0.717) is 32.7 Å². The van der Waals surface area contributed by atoms with Crippen LogP contribution in [0.1, 0.15) is 16.1 Å². The number of rotatable bonds is 3. The number of piperazine rings is 1. The summed E-state index contributed by atoms with van der Waals surface area (Å²) in [7, 11) is 0. The maximum Gasteiger partial charge on any atom is 0.326 e. The summed E-state index contributed by atoms with van der Waals surface area (Å²) in [6.45, 7) is 2.95. The molecule has 0 bridgehead atoms. The van der Waals surface area contributed by atoms with Crippen LogP contribution in [0.3, 0.4) is 0 Å². The lowest BCUT2D eigenvalue weighted by Gasteiger charge is -2.34. The third-order valence-electron chi connectivity index (χ3n) is 4.20. The third kappa shape index (κ3) is 3.75. The molecule has 1 amide bonds. The second kappa shape index (κ2) is 7.12. The van der Waals surface area contributed by atoms with Gasteiger partial charge in [-0.3, -0.25) is 19.5 Å². The van der Waals surface area contributed by atoms with Gasteiger partial charge in [-0.15, -0.1) is 0 Å². The molecule has 0 radical (unpaired) electrons. The molecule has 1 fully saturated rings. The Kier molecular flexibility index (Phi) is 4.91. The quantitative estimate of drug-likeness (QED) is 0.723. The summed E-state index contributed by atoms with van der Waals surface area (Å²) in [5, 5.41) is 0.717. The van der Waals surface area contributed by atoms with Crippen molar-refractivity contribution in [2.45, 2.75) is 6.54 Å². The number of hydrogen-bond donors (Lipinski definition) is 3. The average Bonchev–Trinajstić information content (AvgIpc) is 2.60. The van der Waals surface area contributed by atoms with Crippen molar-refractivity contribution in [1.29, 1.82) is 0 Å². The highest BCUT2D eigenvalue weighted by Crippen LogP contribution is 2.18. The molecule has 4 N–H and O–H groups in total. The van der Waals surface area contributed by atoms with Crippen LogP contribution in [0.15, 0.2) is 33.9 Å². The van der Waals surface area contributed by atoms with E-state index in [1.165, 1.54) is 0 Å². The first-order valence-electron chi connectivity index (χ1n) is 7.83. The van der Waals surface area contributed by atoms with Gasteiger partial charge in [-0.1, -0.05) is 29.8 Å². The van der Waals surface area contributed by atoms with Crippen LogP contribution in [0.5, 0.6) is 0 Å². The Morgan fingerprint density at radius 3 is 2.48 bits per heavy atom. The normalized spacial score (nSPS) is 15.3. The number of halogens is 1. The highest BCUT2D eigenvalue weighted by molar-refractivity contribution is 6.31. The number of carbonyl (C=O) groups is 1. The first kappa shape index (κ1) is 17.2. The van der Waals surface area contributed by atoms with Gasteiger partial charge in [0.05, 0.1) is 0 Å². The van der Waals surface area contributed by atoms with Crippen molar-refractivity contribution in [2.75, 3.05) is 31.9 Å². The number of nitrogens with two attached hydrogens (primary N) is 1. The molecule has 1 aliphatic heterocycles. The van der Waals surface area contributed by atoms with E-state index in [1.54, 1.807) is 4.90 Å². The molecule has 132 valence electrons. The SMILES string of the molecule is Nc1c(C(=O)N2CCN(Cc3ccccc3Cl)CC2)[nH]c(=O)[nH]c1=O. The minimum atomic E-state index is -0.760. The number of hydrogen-bond acceptors (Lipinski definition) is 5. The number of carbonyl (C=O) groups excluding carboxylic acids is 1. The molecule has 25 heavy (non-hydrogen) atoms. The monoisotopic (exact) mass is 363 g/mol. The molecule has 1 saturated heterocycles. The van der Waals surface area contributed by atoms with Crippen molar-refractivity contribution in [1.82, 2.24) is 19.8 Å². The van der Waals surface area contributed by atoms with Crippen molar-refractivity contribution in [3.05, 3.63) is 61.4 Å². The summed E-state index contributed by atoms with van der Waals surface area (Å²) in [6.07, 6.45) is 0. The van der Waals surface area contributed by atoms with E-state index in [0.717, 1.165) is 10.6 Å². The van der Waals surface area contributed by atoms with Crippen LogP contribution in [0.2, 0.25) is 5.02 Å². The largest absolute Gasteiger partial charge is 0.392 e. The van der Waals surface area contributed by atoms with Gasteiger partial charge in [0.15, 0.2) is 0 Å². The number of benzene rings is 1. The van der Waals surface area contributed by atoms with Gasteiger partial charge in [0.2, 0.25) is 0 Å². The van der Waals surface area contributed by atoms with Crippen molar-refractivity contribution in [3.8, 4) is 0 Å². The standard InChI is InChI=1S/C16H18ClN5O3/c17-11-4-2-1-3-10(11)9-21-5-7-22(8-6-21)15(24)13-12(18)14(23)20-16(25)19-13/h1-4H,5-9,18H2,(H2,19,20,23,25). The topological polar surface area (TPSA) is 115 Å². The van der Waals surface area contributed by atoms with Crippen LogP contribution in [-0.4, -0.2) is 51.9 Å². The Labute approximate surface area is 148 Å². The molecule has 0 aliphatic carbocycles. The maximum absolute atomic E-state index is 12.5. The Balaban J connectivity index is 1.66. The summed E-state index contributed by atoms with van der Waals surface area (Å²) in [5.41, 5.74) is 4.71. The number of H-pyrrole nitrogens is 2. The van der Waals surface area contributed by atoms with Gasteiger partial charge in [0, 0.05) is 37.7 Å². The van der Waals surface area contributed by atoms with Gasteiger partial charge in [-0.05, 0) is 11.6 Å². The minimum absolute atomic E-state index is 0.159. The molecule has 1 aliphatic rings. The number of aromatic nitrogens is 2. The van der Waals surface area contributed by atoms with Crippen LogP contribution in [0.4, 0.5) is 5.69 Å². The van der Waals surface area contributed by atoms with Crippen LogP contribution < -0.4 is 17.0 Å². The highest BCUT2D eigenvalue weighted by Gasteiger charge is 2.25. The van der Waals surface area contributed by atoms with Gasteiger partial charge >= 0.3 is 5.69 Å². The summed E-state index contributed by atoms with van der Waals surface area (Å²) in [5.74, 6) is -0.446. The van der Waals surface area contributed by atoms with Crippen molar-refractivity contribution in [2.24, 2.45) is 0 Å². The molecule has 8 nitrogen and oxygen atoms in total. The zero-order valence-electron chi connectivity index (χ0n) is 13.4. The number of nitrogens with zero attached hydrogens (tertiary/aromatic N) is 2. The number of aromatic amines is 2. The predicted octanol–water partition coefficient (Wildman–Crippen LogP) is 0.257. The van der Waals surface area contributed by atoms with Gasteiger partial charge in [-0.25, -0.2) is 4.79 Å². The lowest BCUT2D eigenvalue weighted by Crippen LogP contribution is -2.49. The summed E-state index contributed by atoms with van der Waals surface area (Å²) >= 11 is 6.18. The summed E-state index contributed by atoms with van der Waals surface area (Å²) in [4.78, 5) is 43.5. The Morgan fingerprint density at radius 2 is 1.80 bits per heavy atom. The van der Waals surface area contributed by atoms with Gasteiger partial charge < -0.3 is 15.6 Å². The molecular weight excluding hydrogens is 346 g/mol. The molecule has 9 heteroatoms. The zero-order valence-corrected chi connectivity index (χ0v) is 14.2. The molecule has 1 aromatic heterocycles. The van der Waals surface area contributed by atoms with E-state index >= 15 is 0 Å². The molecule has 0 spiro atoms. The fraction of sp³-hybridized carbons (Fsp3) is 0.312. The van der Waals surface area contributed by atoms with Crippen molar-refractivity contribution < 1.29 is 4.79 Å². The smallest absolute Gasteiger partial charge is 0.326 e. The van der Waals surface area contributed by atoms with E-state index in [9.17, 15) is 14.4 Å². The predicted molar refractivity (Wildman–Crippen MR) is 94.7 cm³/mol. The average molecular weight is 364 g/mol. The minimum Gasteiger partial charge on any atom is -0.392 e. The van der Waals surface area contributed by atoms with Gasteiger partial charge in [0.1, 0.15) is 11.4 Å². The van der Waals surface area contributed by atoms with Crippen LogP contribution in [-0.2, 0) is 6.54 Å². The number of nitrogens with one attached hydrogen (secondary N) is 2. The molecule has 3 rings (SSSR count). The first-order valence-corrected chi connectivity index (χ1v) is 8.20. The van der Waals surface area contributed by atoms with Crippen LogP contribution in [0.25, 0.3) is 0 Å². The maximum atomic E-state index is 12.5. The molecule has 0 atom stereocenters. The van der Waals surface area contributed by atoms with Crippen LogP contribution in [0, 0.1) is 0 Å². The highest BCUT2D eigenvalue weighted by atomic mass is 35.5. The van der Waals surface area contributed by atoms with E-state index in [2.05, 4.69) is 9.88 Å². The second-order valence-corrected chi connectivity index (χ2v) is 6.26. The van der Waals surface area contributed by atoms with E-state index in [-0.39, 0.29) is 11.4 Å². The summed E-state index contributed by atoms with van der Waals surface area (Å²) in [6, 6.07) is 7.65. The van der Waals surface area contributed by atoms with Crippen LogP contribution >= 0.6 is 11.6 Å². The molecule has 0 saturated carbocycles. The number of nitrogen functional groups attached to an aromatic ring is 1. The van der Waals surface area contributed by atoms with Crippen molar-refractivity contribution >= 4 is 23.2 Å². The Bertz CT molecular complexity index is 899. The van der Waals surface area contributed by atoms with E-state index in [4.69, 9.17) is 17.3 Å². The number of anilines is 1. The zero-order chi connectivity index (χ0) is 18.0. The number of amides is 1. The fourth-order valence-corrected chi connectivity index (χ4v) is 2.99. The molecule has 1 aromatic carbocycles. The van der Waals surface area contributed by atoms with Crippen molar-refractivity contribution in [3.63, 3.8) is 0 Å². The van der Waals surface area contributed by atoms with Gasteiger partial charge in [0.25, 0.3) is 11.5 Å². The molecule has 2 heterocycles. The lowest BCUT2D eigenvalue weighted by molar-refractivity contribution is 0.0623. The molecular formula is C16H18ClN5O3. The summed E-state index contributed by atoms with van der Waals surface area (Å²) < 4.78 is 0. The van der Waals surface area contributed by atoms with E-state index in [1.807, 2.05) is 29.2 Å². The Hall–Kier alpha value is -2.58. The first-order chi connectivity index (χ1) is 12.0.